The maximum Gasteiger partial charge on any atom is 0.416 e. The molecule has 0 saturated carbocycles. The Bertz CT molecular complexity index is 1280. The first-order valence-corrected chi connectivity index (χ1v) is 9.73. The zero-order valence-electron chi connectivity index (χ0n) is 18.0. The lowest BCUT2D eigenvalue weighted by Crippen LogP contribution is -2.10. The molecule has 10 heteroatoms. The summed E-state index contributed by atoms with van der Waals surface area (Å²) >= 11 is 0. The maximum atomic E-state index is 13.4. The van der Waals surface area contributed by atoms with Gasteiger partial charge in [0.25, 0.3) is 0 Å². The number of alkyl halides is 3. The van der Waals surface area contributed by atoms with E-state index in [0.717, 1.165) is 12.1 Å². The number of hydrogen-bond donors (Lipinski definition) is 2. The number of hydrogen-bond acceptors (Lipinski definition) is 7. The fourth-order valence-electron chi connectivity index (χ4n) is 3.10. The van der Waals surface area contributed by atoms with Crippen LogP contribution in [0, 0.1) is 11.3 Å². The van der Waals surface area contributed by atoms with Crippen LogP contribution in [-0.2, 0) is 15.7 Å². The predicted molar refractivity (Wildman–Crippen MR) is 118 cm³/mol. The molecule has 0 fully saturated rings. The largest absolute Gasteiger partial charge is 0.465 e. The molecule has 0 heterocycles. The van der Waals surface area contributed by atoms with Crippen LogP contribution in [-0.4, -0.2) is 26.2 Å². The second kappa shape index (κ2) is 9.95. The van der Waals surface area contributed by atoms with Crippen LogP contribution in [0.25, 0.3) is 0 Å². The van der Waals surface area contributed by atoms with Gasteiger partial charge < -0.3 is 20.1 Å². The first-order chi connectivity index (χ1) is 16.2. The SMILES string of the molecule is COC(=O)c1ccccc1Nc1cc(C(F)(F)F)ccc1Nc1ccc(C#N)cc1C(=O)OC. The van der Waals surface area contributed by atoms with Crippen LogP contribution in [0.3, 0.4) is 0 Å². The molecular weight excluding hydrogens is 451 g/mol. The average molecular weight is 469 g/mol. The second-order valence-electron chi connectivity index (χ2n) is 6.91. The normalized spacial score (nSPS) is 10.7. The monoisotopic (exact) mass is 469 g/mol. The lowest BCUT2D eigenvalue weighted by Gasteiger charge is -2.19. The highest BCUT2D eigenvalue weighted by Gasteiger charge is 2.31. The summed E-state index contributed by atoms with van der Waals surface area (Å²) in [7, 11) is 2.36. The van der Waals surface area contributed by atoms with E-state index in [9.17, 15) is 22.8 Å². The molecule has 0 unspecified atom stereocenters. The van der Waals surface area contributed by atoms with Crippen molar-refractivity contribution in [2.75, 3.05) is 24.9 Å². The minimum absolute atomic E-state index is 0.0161. The van der Waals surface area contributed by atoms with Gasteiger partial charge in [0.05, 0.1) is 65.3 Å². The number of nitriles is 1. The third-order valence-corrected chi connectivity index (χ3v) is 4.77. The lowest BCUT2D eigenvalue weighted by molar-refractivity contribution is -0.137. The van der Waals surface area contributed by atoms with E-state index in [2.05, 4.69) is 10.6 Å². The molecule has 0 bridgehead atoms. The zero-order valence-corrected chi connectivity index (χ0v) is 18.0. The van der Waals surface area contributed by atoms with Crippen LogP contribution >= 0.6 is 0 Å². The Kier molecular flexibility index (Phi) is 7.06. The number of para-hydroxylation sites is 1. The number of methoxy groups -OCH3 is 2. The highest BCUT2D eigenvalue weighted by atomic mass is 19.4. The molecule has 7 nitrogen and oxygen atoms in total. The van der Waals surface area contributed by atoms with Crippen LogP contribution in [0.4, 0.5) is 35.9 Å². The third kappa shape index (κ3) is 5.27. The number of esters is 2. The van der Waals surface area contributed by atoms with Crippen molar-refractivity contribution in [1.29, 1.82) is 5.26 Å². The smallest absolute Gasteiger partial charge is 0.416 e. The Morgan fingerprint density at radius 1 is 0.794 bits per heavy atom. The molecule has 34 heavy (non-hydrogen) atoms. The summed E-state index contributed by atoms with van der Waals surface area (Å²) in [5.74, 6) is -1.42. The Hall–Kier alpha value is -4.52. The maximum absolute atomic E-state index is 13.4. The third-order valence-electron chi connectivity index (χ3n) is 4.77. The molecule has 3 rings (SSSR count). The number of carbonyl (C=O) groups excluding carboxylic acids is 2. The first-order valence-electron chi connectivity index (χ1n) is 9.73. The number of nitrogens with one attached hydrogen (secondary N) is 2. The van der Waals surface area contributed by atoms with E-state index >= 15 is 0 Å². The van der Waals surface area contributed by atoms with Gasteiger partial charge in [0.2, 0.25) is 0 Å². The van der Waals surface area contributed by atoms with E-state index in [1.54, 1.807) is 12.1 Å². The van der Waals surface area contributed by atoms with Crippen LogP contribution in [0.15, 0.2) is 60.7 Å². The molecule has 0 radical (unpaired) electrons. The minimum Gasteiger partial charge on any atom is -0.465 e. The van der Waals surface area contributed by atoms with Crippen molar-refractivity contribution in [3.63, 3.8) is 0 Å². The van der Waals surface area contributed by atoms with E-state index in [-0.39, 0.29) is 39.4 Å². The van der Waals surface area contributed by atoms with Crippen molar-refractivity contribution in [3.8, 4) is 6.07 Å². The van der Waals surface area contributed by atoms with Crippen LogP contribution in [0.1, 0.15) is 31.8 Å². The average Bonchev–Trinajstić information content (AvgIpc) is 2.84. The summed E-state index contributed by atoms with van der Waals surface area (Å²) < 4.78 is 49.7. The van der Waals surface area contributed by atoms with E-state index in [1.165, 1.54) is 50.6 Å². The van der Waals surface area contributed by atoms with Crippen molar-refractivity contribution in [2.24, 2.45) is 0 Å². The Labute approximate surface area is 192 Å². The van der Waals surface area contributed by atoms with Gasteiger partial charge in [0.15, 0.2) is 0 Å². The topological polar surface area (TPSA) is 100 Å². The number of carbonyl (C=O) groups is 2. The minimum atomic E-state index is -4.62. The van der Waals surface area contributed by atoms with Crippen molar-refractivity contribution in [2.45, 2.75) is 6.18 Å². The van der Waals surface area contributed by atoms with Gasteiger partial charge in [0, 0.05) is 0 Å². The molecule has 0 aromatic heterocycles. The number of rotatable bonds is 6. The molecule has 0 saturated heterocycles. The molecule has 0 aliphatic heterocycles. The summed E-state index contributed by atoms with van der Waals surface area (Å²) in [6.45, 7) is 0. The highest BCUT2D eigenvalue weighted by Crippen LogP contribution is 2.37. The van der Waals surface area contributed by atoms with E-state index in [1.807, 2.05) is 6.07 Å². The molecule has 0 amide bonds. The summed E-state index contributed by atoms with van der Waals surface area (Å²) in [6, 6.07) is 15.2. The number of benzene rings is 3. The molecule has 3 aromatic rings. The van der Waals surface area contributed by atoms with E-state index in [4.69, 9.17) is 14.7 Å². The molecule has 174 valence electrons. The summed E-state index contributed by atoms with van der Waals surface area (Å²) in [4.78, 5) is 24.3. The highest BCUT2D eigenvalue weighted by molar-refractivity contribution is 5.99. The van der Waals surface area contributed by atoms with Crippen LogP contribution in [0.5, 0.6) is 0 Å². The summed E-state index contributed by atoms with van der Waals surface area (Å²) in [6.07, 6.45) is -4.62. The first kappa shape index (κ1) is 24.1. The second-order valence-corrected chi connectivity index (χ2v) is 6.91. The van der Waals surface area contributed by atoms with Gasteiger partial charge in [-0.3, -0.25) is 0 Å². The number of ether oxygens (including phenoxy) is 2. The Morgan fingerprint density at radius 2 is 1.38 bits per heavy atom. The van der Waals surface area contributed by atoms with Gasteiger partial charge in [-0.05, 0) is 48.5 Å². The van der Waals surface area contributed by atoms with Gasteiger partial charge in [0.1, 0.15) is 0 Å². The standard InChI is InChI=1S/C24H18F3N3O4/c1-33-22(31)16-5-3-4-6-18(16)30-21-12-15(24(25,26)27)8-10-20(21)29-19-9-7-14(13-28)11-17(19)23(32)34-2/h3-12,29-30H,1-2H3. The van der Waals surface area contributed by atoms with Gasteiger partial charge in [-0.25, -0.2) is 9.59 Å². The lowest BCUT2D eigenvalue weighted by atomic mass is 10.1. The Morgan fingerprint density at radius 3 is 2.03 bits per heavy atom. The van der Waals surface area contributed by atoms with Gasteiger partial charge in [-0.1, -0.05) is 12.1 Å². The van der Waals surface area contributed by atoms with Crippen molar-refractivity contribution in [1.82, 2.24) is 0 Å². The van der Waals surface area contributed by atoms with E-state index in [0.29, 0.717) is 0 Å². The molecular formula is C24H18F3N3O4. The van der Waals surface area contributed by atoms with Crippen molar-refractivity contribution in [3.05, 3.63) is 82.9 Å². The van der Waals surface area contributed by atoms with E-state index < -0.39 is 23.7 Å². The van der Waals surface area contributed by atoms with Gasteiger partial charge in [-0.2, -0.15) is 18.4 Å². The van der Waals surface area contributed by atoms with Crippen LogP contribution in [0.2, 0.25) is 0 Å². The predicted octanol–water partition coefficient (Wildman–Crippen LogP) is 5.64. The molecule has 3 aromatic carbocycles. The number of halogens is 3. The van der Waals surface area contributed by atoms with Crippen molar-refractivity contribution >= 4 is 34.7 Å². The number of anilines is 4. The summed E-state index contributed by atoms with van der Waals surface area (Å²) in [5.41, 5.74) is -0.0364. The van der Waals surface area contributed by atoms with Crippen LogP contribution < -0.4 is 10.6 Å². The molecule has 0 spiro atoms. The fraction of sp³-hybridized carbons (Fsp3) is 0.125. The van der Waals surface area contributed by atoms with Crippen molar-refractivity contribution < 1.29 is 32.2 Å². The summed E-state index contributed by atoms with van der Waals surface area (Å²) in [5, 5.41) is 14.9. The molecule has 0 aliphatic carbocycles. The molecule has 0 atom stereocenters. The fourth-order valence-corrected chi connectivity index (χ4v) is 3.10. The van der Waals surface area contributed by atoms with Gasteiger partial charge >= 0.3 is 18.1 Å². The Balaban J connectivity index is 2.11. The quantitative estimate of drug-likeness (QED) is 0.451. The zero-order chi connectivity index (χ0) is 24.9. The molecule has 0 aliphatic rings. The molecule has 2 N–H and O–H groups in total. The number of nitrogens with zero attached hydrogens (tertiary/aromatic N) is 1. The van der Waals surface area contributed by atoms with Gasteiger partial charge in [-0.15, -0.1) is 0 Å².